The molecule has 2 N–H and O–H groups in total. The van der Waals surface area contributed by atoms with Crippen LogP contribution in [0.4, 0.5) is 5.69 Å². The second-order valence-electron chi connectivity index (χ2n) is 6.60. The van der Waals surface area contributed by atoms with Crippen molar-refractivity contribution < 1.29 is 19.5 Å². The van der Waals surface area contributed by atoms with Crippen LogP contribution in [0.1, 0.15) is 40.5 Å². The first kappa shape index (κ1) is 18.6. The van der Waals surface area contributed by atoms with Crippen molar-refractivity contribution in [2.45, 2.75) is 25.8 Å². The zero-order chi connectivity index (χ0) is 19.4. The van der Waals surface area contributed by atoms with Crippen molar-refractivity contribution in [1.82, 2.24) is 9.88 Å². The zero-order valence-corrected chi connectivity index (χ0v) is 15.0. The summed E-state index contributed by atoms with van der Waals surface area (Å²) in [6, 6.07) is 9.61. The van der Waals surface area contributed by atoms with E-state index in [4.69, 9.17) is 0 Å². The number of hydrogen-bond donors (Lipinski definition) is 2. The van der Waals surface area contributed by atoms with Crippen LogP contribution in [-0.4, -0.2) is 45.4 Å². The van der Waals surface area contributed by atoms with Crippen molar-refractivity contribution in [2.75, 3.05) is 11.9 Å². The third kappa shape index (κ3) is 4.13. The van der Waals surface area contributed by atoms with E-state index in [1.165, 1.54) is 6.20 Å². The van der Waals surface area contributed by atoms with E-state index in [-0.39, 0.29) is 17.9 Å². The Balaban J connectivity index is 1.76. The number of anilines is 1. The van der Waals surface area contributed by atoms with Crippen LogP contribution < -0.4 is 5.32 Å². The molecule has 0 bridgehead atoms. The number of rotatable bonds is 4. The quantitative estimate of drug-likeness (QED) is 0.865. The third-order valence-corrected chi connectivity index (χ3v) is 4.86. The fourth-order valence-corrected chi connectivity index (χ4v) is 3.36. The van der Waals surface area contributed by atoms with E-state index < -0.39 is 11.9 Å². The minimum absolute atomic E-state index is 0.231. The number of carboxylic acids is 1. The smallest absolute Gasteiger partial charge is 0.308 e. The second-order valence-corrected chi connectivity index (χ2v) is 6.60. The summed E-state index contributed by atoms with van der Waals surface area (Å²) >= 11 is 0. The second kappa shape index (κ2) is 7.99. The molecule has 1 aliphatic rings. The highest BCUT2D eigenvalue weighted by atomic mass is 16.4. The van der Waals surface area contributed by atoms with Gasteiger partial charge < -0.3 is 15.3 Å². The summed E-state index contributed by atoms with van der Waals surface area (Å²) in [5.74, 6) is -1.98. The minimum atomic E-state index is -0.877. The number of nitrogens with one attached hydrogen (secondary N) is 1. The summed E-state index contributed by atoms with van der Waals surface area (Å²) in [7, 11) is 0. The number of pyridine rings is 1. The number of nitrogens with zero attached hydrogens (tertiary/aromatic N) is 2. The largest absolute Gasteiger partial charge is 0.481 e. The van der Waals surface area contributed by atoms with Gasteiger partial charge in [0.2, 0.25) is 0 Å². The number of carboxylic acid groups (broad SMARTS) is 1. The van der Waals surface area contributed by atoms with Gasteiger partial charge in [0.1, 0.15) is 0 Å². The molecule has 2 amide bonds. The first-order chi connectivity index (χ1) is 13.0. The molecule has 2 aromatic rings. The molecule has 1 aromatic carbocycles. The molecule has 1 fully saturated rings. The van der Waals surface area contributed by atoms with E-state index in [2.05, 4.69) is 10.3 Å². The van der Waals surface area contributed by atoms with Crippen LogP contribution in [0.2, 0.25) is 0 Å². The van der Waals surface area contributed by atoms with Gasteiger partial charge in [0.25, 0.3) is 11.8 Å². The normalized spacial score (nSPS) is 19.4. The lowest BCUT2D eigenvalue weighted by atomic mass is 9.90. The SMILES string of the molecule is C[C@@H]1[C@H](C(=O)O)CCCN1C(=O)c1cccc(NC(=O)c2cccnc2)c1. The fraction of sp³-hybridized carbons (Fsp3) is 0.300. The first-order valence-corrected chi connectivity index (χ1v) is 8.82. The molecule has 140 valence electrons. The molecule has 0 spiro atoms. The molecule has 2 heterocycles. The molecule has 27 heavy (non-hydrogen) atoms. The Morgan fingerprint density at radius 3 is 2.67 bits per heavy atom. The molecule has 0 aliphatic carbocycles. The minimum Gasteiger partial charge on any atom is -0.481 e. The molecule has 1 aliphatic heterocycles. The lowest BCUT2D eigenvalue weighted by molar-refractivity contribution is -0.144. The summed E-state index contributed by atoms with van der Waals surface area (Å²) in [6.07, 6.45) is 4.28. The number of carbonyl (C=O) groups excluding carboxylic acids is 2. The number of carbonyl (C=O) groups is 3. The first-order valence-electron chi connectivity index (χ1n) is 8.82. The highest BCUT2D eigenvalue weighted by Crippen LogP contribution is 2.26. The number of amides is 2. The Bertz CT molecular complexity index is 853. The van der Waals surface area contributed by atoms with Crippen LogP contribution >= 0.6 is 0 Å². The molecular formula is C20H21N3O4. The standard InChI is InChI=1S/C20H21N3O4/c1-13-17(20(26)27)8-4-10-23(13)19(25)14-5-2-7-16(11-14)22-18(24)15-6-3-9-21-12-15/h2-3,5-7,9,11-13,17H,4,8,10H2,1H3,(H,22,24)(H,26,27)/t13-,17-/m1/s1. The molecule has 2 atom stereocenters. The lowest BCUT2D eigenvalue weighted by Crippen LogP contribution is -2.49. The molecule has 7 nitrogen and oxygen atoms in total. The Morgan fingerprint density at radius 1 is 1.19 bits per heavy atom. The zero-order valence-electron chi connectivity index (χ0n) is 15.0. The summed E-state index contributed by atoms with van der Waals surface area (Å²) in [5, 5.41) is 12.1. The van der Waals surface area contributed by atoms with Crippen LogP contribution in [-0.2, 0) is 4.79 Å². The Labute approximate surface area is 157 Å². The molecule has 0 saturated carbocycles. The van der Waals surface area contributed by atoms with Gasteiger partial charge in [0.15, 0.2) is 0 Å². The van der Waals surface area contributed by atoms with Crippen molar-refractivity contribution in [2.24, 2.45) is 5.92 Å². The molecular weight excluding hydrogens is 346 g/mol. The topological polar surface area (TPSA) is 99.6 Å². The maximum absolute atomic E-state index is 12.9. The van der Waals surface area contributed by atoms with Crippen LogP contribution in [0.15, 0.2) is 48.8 Å². The van der Waals surface area contributed by atoms with E-state index in [0.717, 1.165) is 0 Å². The average molecular weight is 367 g/mol. The Kier molecular flexibility index (Phi) is 5.49. The van der Waals surface area contributed by atoms with Crippen LogP contribution in [0.25, 0.3) is 0 Å². The molecule has 1 aromatic heterocycles. The van der Waals surface area contributed by atoms with Crippen molar-refractivity contribution in [1.29, 1.82) is 0 Å². The molecule has 1 saturated heterocycles. The highest BCUT2D eigenvalue weighted by Gasteiger charge is 2.35. The Morgan fingerprint density at radius 2 is 1.96 bits per heavy atom. The summed E-state index contributed by atoms with van der Waals surface area (Å²) in [5.41, 5.74) is 1.33. The lowest BCUT2D eigenvalue weighted by Gasteiger charge is -2.37. The van der Waals surface area contributed by atoms with Gasteiger partial charge >= 0.3 is 5.97 Å². The van der Waals surface area contributed by atoms with Gasteiger partial charge in [-0.25, -0.2) is 0 Å². The number of aromatic nitrogens is 1. The van der Waals surface area contributed by atoms with Crippen LogP contribution in [0.5, 0.6) is 0 Å². The molecule has 0 radical (unpaired) electrons. The summed E-state index contributed by atoms with van der Waals surface area (Å²) < 4.78 is 0. The number of benzene rings is 1. The van der Waals surface area contributed by atoms with Crippen LogP contribution in [0.3, 0.4) is 0 Å². The molecule has 7 heteroatoms. The van der Waals surface area contributed by atoms with Crippen molar-refractivity contribution in [3.8, 4) is 0 Å². The van der Waals surface area contributed by atoms with Gasteiger partial charge in [-0.2, -0.15) is 0 Å². The van der Waals surface area contributed by atoms with Crippen molar-refractivity contribution in [3.63, 3.8) is 0 Å². The van der Waals surface area contributed by atoms with Crippen molar-refractivity contribution in [3.05, 3.63) is 59.9 Å². The number of likely N-dealkylation sites (tertiary alicyclic amines) is 1. The van der Waals surface area contributed by atoms with Gasteiger partial charge in [-0.3, -0.25) is 19.4 Å². The summed E-state index contributed by atoms with van der Waals surface area (Å²) in [4.78, 5) is 42.1. The number of hydrogen-bond acceptors (Lipinski definition) is 4. The van der Waals surface area contributed by atoms with E-state index in [1.807, 2.05) is 0 Å². The van der Waals surface area contributed by atoms with Crippen molar-refractivity contribution >= 4 is 23.5 Å². The van der Waals surface area contributed by atoms with Gasteiger partial charge in [0, 0.05) is 36.2 Å². The van der Waals surface area contributed by atoms with E-state index in [0.29, 0.717) is 36.2 Å². The fourth-order valence-electron chi connectivity index (χ4n) is 3.36. The van der Waals surface area contributed by atoms with Crippen LogP contribution in [0, 0.1) is 5.92 Å². The number of aliphatic carboxylic acids is 1. The Hall–Kier alpha value is -3.22. The predicted molar refractivity (Wildman–Crippen MR) is 99.5 cm³/mol. The third-order valence-electron chi connectivity index (χ3n) is 4.86. The predicted octanol–water partition coefficient (Wildman–Crippen LogP) is 2.66. The van der Waals surface area contributed by atoms with Gasteiger partial charge in [-0.1, -0.05) is 6.07 Å². The maximum Gasteiger partial charge on any atom is 0.308 e. The van der Waals surface area contributed by atoms with Gasteiger partial charge in [-0.15, -0.1) is 0 Å². The summed E-state index contributed by atoms with van der Waals surface area (Å²) in [6.45, 7) is 2.29. The average Bonchev–Trinajstić information content (AvgIpc) is 2.68. The molecule has 0 unspecified atom stereocenters. The van der Waals surface area contributed by atoms with Gasteiger partial charge in [-0.05, 0) is 50.1 Å². The van der Waals surface area contributed by atoms with E-state index in [1.54, 1.807) is 54.4 Å². The van der Waals surface area contributed by atoms with Gasteiger partial charge in [0.05, 0.1) is 11.5 Å². The number of piperidine rings is 1. The van der Waals surface area contributed by atoms with E-state index >= 15 is 0 Å². The highest BCUT2D eigenvalue weighted by molar-refractivity contribution is 6.05. The van der Waals surface area contributed by atoms with E-state index in [9.17, 15) is 19.5 Å². The monoisotopic (exact) mass is 367 g/mol. The molecule has 3 rings (SSSR count). The maximum atomic E-state index is 12.9.